The van der Waals surface area contributed by atoms with Crippen molar-refractivity contribution in [3.8, 4) is 0 Å². The van der Waals surface area contributed by atoms with Gasteiger partial charge in [0, 0.05) is 32.4 Å². The Kier molecular flexibility index (Phi) is 27.3. The van der Waals surface area contributed by atoms with Gasteiger partial charge < -0.3 is 25.0 Å². The van der Waals surface area contributed by atoms with Crippen LogP contribution in [0.4, 0.5) is 0 Å². The highest BCUT2D eigenvalue weighted by Crippen LogP contribution is 2.15. The van der Waals surface area contributed by atoms with Gasteiger partial charge >= 0.3 is 0 Å². The molecule has 0 aromatic heterocycles. The summed E-state index contributed by atoms with van der Waals surface area (Å²) >= 11 is 0. The van der Waals surface area contributed by atoms with E-state index in [0.717, 1.165) is 64.2 Å². The third-order valence-corrected chi connectivity index (χ3v) is 6.44. The summed E-state index contributed by atoms with van der Waals surface area (Å²) in [5.74, 6) is 0.410. The first-order chi connectivity index (χ1) is 18.5. The summed E-state index contributed by atoms with van der Waals surface area (Å²) in [6, 6.07) is 0. The van der Waals surface area contributed by atoms with Crippen LogP contribution in [0.5, 0.6) is 0 Å². The van der Waals surface area contributed by atoms with Gasteiger partial charge in [0.05, 0.1) is 33.0 Å². The number of ketones is 1. The van der Waals surface area contributed by atoms with Crippen molar-refractivity contribution in [2.24, 2.45) is 0 Å². The monoisotopic (exact) mass is 539 g/mol. The predicted octanol–water partition coefficient (Wildman–Crippen LogP) is 5.82. The number of Topliss-reactive ketones (excluding diaryl/α,β-unsaturated/α-hetero) is 1. The second-order valence-corrected chi connectivity index (χ2v) is 10.2. The lowest BCUT2D eigenvalue weighted by Crippen LogP contribution is -2.27. The van der Waals surface area contributed by atoms with Gasteiger partial charge in [0.25, 0.3) is 0 Å². The lowest BCUT2D eigenvalue weighted by atomic mass is 10.0. The van der Waals surface area contributed by atoms with Crippen molar-refractivity contribution in [3.05, 3.63) is 23.3 Å². The van der Waals surface area contributed by atoms with E-state index in [1.54, 1.807) is 0 Å². The quantitative estimate of drug-likeness (QED) is 0.0854. The molecular formula is C31H57NO6. The maximum atomic E-state index is 11.8. The Hall–Kier alpha value is -1.54. The van der Waals surface area contributed by atoms with Gasteiger partial charge in [0.1, 0.15) is 5.78 Å². The molecule has 0 heterocycles. The Morgan fingerprint density at radius 2 is 1.08 bits per heavy atom. The molecule has 0 aliphatic heterocycles. The average molecular weight is 540 g/mol. The number of carbonyl (C=O) groups excluding carboxylic acids is 2. The maximum Gasteiger partial charge on any atom is 0.220 e. The fourth-order valence-electron chi connectivity index (χ4n) is 4.17. The zero-order valence-corrected chi connectivity index (χ0v) is 24.4. The van der Waals surface area contributed by atoms with Crippen LogP contribution in [0.25, 0.3) is 0 Å². The zero-order chi connectivity index (χ0) is 28.1. The minimum Gasteiger partial charge on any atom is -0.394 e. The maximum absolute atomic E-state index is 11.8. The van der Waals surface area contributed by atoms with Gasteiger partial charge in [0.2, 0.25) is 5.91 Å². The van der Waals surface area contributed by atoms with Crippen molar-refractivity contribution in [3.63, 3.8) is 0 Å². The number of hydrogen-bond donors (Lipinski definition) is 3. The minimum atomic E-state index is 0.0130. The lowest BCUT2D eigenvalue weighted by Gasteiger charge is -2.06. The highest BCUT2D eigenvalue weighted by Gasteiger charge is 2.03. The second kappa shape index (κ2) is 28.5. The first-order valence-corrected chi connectivity index (χ1v) is 15.0. The highest BCUT2D eigenvalue weighted by molar-refractivity contribution is 5.78. The second-order valence-electron chi connectivity index (χ2n) is 10.2. The van der Waals surface area contributed by atoms with E-state index in [2.05, 4.69) is 31.3 Å². The number of aliphatic hydroxyl groups is 2. The fourth-order valence-corrected chi connectivity index (χ4v) is 4.17. The molecular weight excluding hydrogens is 482 g/mol. The average Bonchev–Trinajstić information content (AvgIpc) is 2.90. The number of ether oxygens (including phenoxy) is 2. The molecule has 3 N–H and O–H groups in total. The van der Waals surface area contributed by atoms with Crippen LogP contribution >= 0.6 is 0 Å². The molecule has 222 valence electrons. The summed E-state index contributed by atoms with van der Waals surface area (Å²) in [7, 11) is 0. The van der Waals surface area contributed by atoms with Gasteiger partial charge in [-0.1, -0.05) is 49.0 Å². The van der Waals surface area contributed by atoms with Gasteiger partial charge in [-0.15, -0.1) is 0 Å². The van der Waals surface area contributed by atoms with E-state index >= 15 is 0 Å². The van der Waals surface area contributed by atoms with Crippen molar-refractivity contribution in [2.45, 2.75) is 117 Å². The van der Waals surface area contributed by atoms with Crippen LogP contribution in [-0.4, -0.2) is 68.1 Å². The number of allylic oxidation sites excluding steroid dienone is 4. The summed E-state index contributed by atoms with van der Waals surface area (Å²) in [4.78, 5) is 23.6. The number of carbonyl (C=O) groups is 2. The molecule has 0 aromatic rings. The molecule has 0 radical (unpaired) electrons. The zero-order valence-electron chi connectivity index (χ0n) is 24.4. The number of nitrogens with one attached hydrogen (secondary N) is 1. The largest absolute Gasteiger partial charge is 0.394 e. The molecule has 0 bridgehead atoms. The summed E-state index contributed by atoms with van der Waals surface area (Å²) in [5.41, 5.74) is 2.93. The van der Waals surface area contributed by atoms with Crippen LogP contribution in [0.3, 0.4) is 0 Å². The van der Waals surface area contributed by atoms with Crippen LogP contribution < -0.4 is 5.32 Å². The summed E-state index contributed by atoms with van der Waals surface area (Å²) in [6.45, 7) is 6.69. The number of rotatable bonds is 28. The Balaban J connectivity index is 3.60. The molecule has 0 atom stereocenters. The molecule has 0 aliphatic carbocycles. The summed E-state index contributed by atoms with van der Waals surface area (Å²) in [5, 5.41) is 20.1. The fraction of sp³-hybridized carbons (Fsp3) is 0.806. The third-order valence-electron chi connectivity index (χ3n) is 6.44. The van der Waals surface area contributed by atoms with Gasteiger partial charge in [-0.05, 0) is 71.6 Å². The molecule has 38 heavy (non-hydrogen) atoms. The summed E-state index contributed by atoms with van der Waals surface area (Å²) in [6.07, 6.45) is 20.6. The first kappa shape index (κ1) is 36.5. The third kappa shape index (κ3) is 27.5. The molecule has 0 unspecified atom stereocenters. The standard InChI is InChI=1S/C31H57NO6/c1-28(14-7-3-5-9-18-30(35)19-13-24-37-26-22-33)16-11-12-17-29(2)15-8-4-6-10-20-31(36)32-21-25-38-27-23-34/h16-17,33-34H,3-15,18-27H2,1-2H3,(H,32,36)/b28-16+,29-17+. The number of aliphatic hydroxyl groups excluding tert-OH is 2. The molecule has 0 saturated heterocycles. The van der Waals surface area contributed by atoms with Crippen LogP contribution in [-0.2, 0) is 19.1 Å². The van der Waals surface area contributed by atoms with Crippen LogP contribution in [0.2, 0.25) is 0 Å². The molecule has 0 saturated carbocycles. The van der Waals surface area contributed by atoms with Gasteiger partial charge in [0.15, 0.2) is 0 Å². The summed E-state index contributed by atoms with van der Waals surface area (Å²) < 4.78 is 10.3. The molecule has 7 nitrogen and oxygen atoms in total. The van der Waals surface area contributed by atoms with E-state index in [-0.39, 0.29) is 19.1 Å². The predicted molar refractivity (Wildman–Crippen MR) is 155 cm³/mol. The van der Waals surface area contributed by atoms with E-state index in [1.807, 2.05) is 0 Å². The van der Waals surface area contributed by atoms with Crippen molar-refractivity contribution < 1.29 is 29.3 Å². The normalized spacial score (nSPS) is 12.2. The minimum absolute atomic E-state index is 0.0130. The Labute approximate surface area is 232 Å². The van der Waals surface area contributed by atoms with E-state index < -0.39 is 0 Å². The molecule has 0 aliphatic rings. The Morgan fingerprint density at radius 1 is 0.605 bits per heavy atom. The van der Waals surface area contributed by atoms with E-state index in [9.17, 15) is 9.59 Å². The Bertz CT molecular complexity index is 578. The van der Waals surface area contributed by atoms with E-state index in [1.165, 1.54) is 30.4 Å². The van der Waals surface area contributed by atoms with Crippen LogP contribution in [0, 0.1) is 0 Å². The van der Waals surface area contributed by atoms with Crippen molar-refractivity contribution in [1.82, 2.24) is 5.32 Å². The molecule has 0 aromatic carbocycles. The number of unbranched alkanes of at least 4 members (excludes halogenated alkanes) is 7. The lowest BCUT2D eigenvalue weighted by molar-refractivity contribution is -0.121. The number of amides is 1. The highest BCUT2D eigenvalue weighted by atomic mass is 16.5. The smallest absolute Gasteiger partial charge is 0.220 e. The topological polar surface area (TPSA) is 105 Å². The van der Waals surface area contributed by atoms with E-state index in [4.69, 9.17) is 19.7 Å². The van der Waals surface area contributed by atoms with Gasteiger partial charge in [-0.25, -0.2) is 0 Å². The number of hydrogen-bond acceptors (Lipinski definition) is 6. The van der Waals surface area contributed by atoms with Crippen LogP contribution in [0.1, 0.15) is 117 Å². The molecule has 1 amide bonds. The first-order valence-electron chi connectivity index (χ1n) is 15.0. The molecule has 0 spiro atoms. The molecule has 0 rings (SSSR count). The van der Waals surface area contributed by atoms with Gasteiger partial charge in [-0.3, -0.25) is 9.59 Å². The van der Waals surface area contributed by atoms with Crippen LogP contribution in [0.15, 0.2) is 23.3 Å². The van der Waals surface area contributed by atoms with Crippen molar-refractivity contribution >= 4 is 11.7 Å². The van der Waals surface area contributed by atoms with Crippen molar-refractivity contribution in [2.75, 3.05) is 46.2 Å². The molecule has 0 fully saturated rings. The van der Waals surface area contributed by atoms with Gasteiger partial charge in [-0.2, -0.15) is 0 Å². The molecule has 7 heteroatoms. The SMILES string of the molecule is C/C(=C\CC/C=C(\C)CCCCCCC(=O)NCCOCCO)CCCCCCC(=O)CCCOCCO. The van der Waals surface area contributed by atoms with E-state index in [0.29, 0.717) is 58.0 Å². The van der Waals surface area contributed by atoms with Crippen molar-refractivity contribution in [1.29, 1.82) is 0 Å². The Morgan fingerprint density at radius 3 is 1.63 bits per heavy atom.